The summed E-state index contributed by atoms with van der Waals surface area (Å²) in [6.07, 6.45) is 4.33. The topological polar surface area (TPSA) is 56.7 Å². The summed E-state index contributed by atoms with van der Waals surface area (Å²) in [6, 6.07) is 14.2. The molecule has 0 atom stereocenters. The minimum absolute atomic E-state index is 0.638. The zero-order chi connectivity index (χ0) is 14.9. The summed E-state index contributed by atoms with van der Waals surface area (Å²) in [5.74, 6) is 0.638. The number of hydrogen-bond acceptors (Lipinski definition) is 4. The molecule has 0 saturated carbocycles. The summed E-state index contributed by atoms with van der Waals surface area (Å²) in [5, 5.41) is 7.63. The molecular formula is C17H14N4O. The Morgan fingerprint density at radius 1 is 1.00 bits per heavy atom. The maximum Gasteiger partial charge on any atom is 0.227 e. The number of oxazole rings is 1. The Kier molecular flexibility index (Phi) is 2.96. The molecule has 0 amide bonds. The molecule has 108 valence electrons. The van der Waals surface area contributed by atoms with Crippen LogP contribution in [0.15, 0.2) is 59.5 Å². The van der Waals surface area contributed by atoms with Gasteiger partial charge in [0.05, 0.1) is 5.69 Å². The molecule has 0 spiro atoms. The van der Waals surface area contributed by atoms with Crippen LogP contribution in [0, 0.1) is 0 Å². The quantitative estimate of drug-likeness (QED) is 0.578. The van der Waals surface area contributed by atoms with Gasteiger partial charge in [-0.05, 0) is 36.2 Å². The molecule has 0 aliphatic rings. The van der Waals surface area contributed by atoms with Crippen LogP contribution < -0.4 is 0 Å². The summed E-state index contributed by atoms with van der Waals surface area (Å²) in [6.45, 7) is 2.14. The molecule has 22 heavy (non-hydrogen) atoms. The molecule has 0 bridgehead atoms. The van der Waals surface area contributed by atoms with Crippen molar-refractivity contribution in [3.05, 3.63) is 60.7 Å². The molecule has 4 aromatic rings. The highest BCUT2D eigenvalue weighted by atomic mass is 16.3. The van der Waals surface area contributed by atoms with Crippen molar-refractivity contribution in [2.75, 3.05) is 0 Å². The number of aromatic nitrogens is 4. The van der Waals surface area contributed by atoms with Crippen molar-refractivity contribution in [3.8, 4) is 17.1 Å². The Hall–Kier alpha value is -2.95. The number of aryl methyl sites for hydroxylation is 1. The predicted molar refractivity (Wildman–Crippen MR) is 83.7 cm³/mol. The maximum absolute atomic E-state index is 5.90. The van der Waals surface area contributed by atoms with E-state index in [0.29, 0.717) is 5.89 Å². The van der Waals surface area contributed by atoms with Gasteiger partial charge in [-0.2, -0.15) is 0 Å². The van der Waals surface area contributed by atoms with E-state index < -0.39 is 0 Å². The minimum Gasteiger partial charge on any atom is -0.436 e. The molecule has 0 aliphatic heterocycles. The molecule has 0 fully saturated rings. The van der Waals surface area contributed by atoms with Gasteiger partial charge in [0.1, 0.15) is 18.2 Å². The van der Waals surface area contributed by atoms with E-state index in [1.54, 1.807) is 12.7 Å². The van der Waals surface area contributed by atoms with Crippen molar-refractivity contribution in [3.63, 3.8) is 0 Å². The molecule has 0 aliphatic carbocycles. The van der Waals surface area contributed by atoms with Crippen LogP contribution in [0.3, 0.4) is 0 Å². The van der Waals surface area contributed by atoms with Gasteiger partial charge >= 0.3 is 0 Å². The summed E-state index contributed by atoms with van der Waals surface area (Å²) in [4.78, 5) is 4.55. The smallest absolute Gasteiger partial charge is 0.227 e. The van der Waals surface area contributed by atoms with Crippen molar-refractivity contribution < 1.29 is 4.42 Å². The molecule has 0 unspecified atom stereocenters. The third kappa shape index (κ3) is 2.16. The fourth-order valence-electron chi connectivity index (χ4n) is 2.41. The first kappa shape index (κ1) is 12.8. The van der Waals surface area contributed by atoms with Crippen LogP contribution in [0.25, 0.3) is 28.2 Å². The van der Waals surface area contributed by atoms with E-state index in [4.69, 9.17) is 4.42 Å². The third-order valence-electron chi connectivity index (χ3n) is 3.70. The van der Waals surface area contributed by atoms with Crippen molar-refractivity contribution in [2.24, 2.45) is 0 Å². The second-order valence-corrected chi connectivity index (χ2v) is 5.09. The van der Waals surface area contributed by atoms with Crippen LogP contribution in [0.1, 0.15) is 12.5 Å². The van der Waals surface area contributed by atoms with Crippen LogP contribution in [0.4, 0.5) is 0 Å². The highest BCUT2D eigenvalue weighted by molar-refractivity contribution is 5.78. The first-order valence-electron chi connectivity index (χ1n) is 7.18. The van der Waals surface area contributed by atoms with Crippen molar-refractivity contribution in [1.82, 2.24) is 19.7 Å². The van der Waals surface area contributed by atoms with E-state index in [9.17, 15) is 0 Å². The SMILES string of the molecule is CCc1ccc(-c2nc3ccc(-n4cnnc4)cc3o2)cc1. The van der Waals surface area contributed by atoms with E-state index in [2.05, 4.69) is 34.2 Å². The van der Waals surface area contributed by atoms with E-state index in [0.717, 1.165) is 28.8 Å². The molecule has 0 saturated heterocycles. The summed E-state index contributed by atoms with van der Waals surface area (Å²) < 4.78 is 7.73. The lowest BCUT2D eigenvalue weighted by atomic mass is 10.1. The fraction of sp³-hybridized carbons (Fsp3) is 0.118. The number of nitrogens with zero attached hydrogens (tertiary/aromatic N) is 4. The average molecular weight is 290 g/mol. The van der Waals surface area contributed by atoms with Crippen LogP contribution in [0.2, 0.25) is 0 Å². The zero-order valence-electron chi connectivity index (χ0n) is 12.1. The standard InChI is InChI=1S/C17H14N4O/c1-2-12-3-5-13(6-4-12)17-20-15-8-7-14(9-16(15)22-17)21-10-18-19-11-21/h3-11H,2H2,1H3. The number of rotatable bonds is 3. The van der Waals surface area contributed by atoms with Gasteiger partial charge in [0.15, 0.2) is 5.58 Å². The largest absolute Gasteiger partial charge is 0.436 e. The van der Waals surface area contributed by atoms with Gasteiger partial charge in [-0.3, -0.25) is 4.57 Å². The predicted octanol–water partition coefficient (Wildman–Crippen LogP) is 3.64. The van der Waals surface area contributed by atoms with Crippen molar-refractivity contribution >= 4 is 11.1 Å². The molecule has 5 nitrogen and oxygen atoms in total. The normalized spacial score (nSPS) is 11.1. The Bertz CT molecular complexity index is 908. The second kappa shape index (κ2) is 5.11. The average Bonchev–Trinajstić information content (AvgIpc) is 3.23. The second-order valence-electron chi connectivity index (χ2n) is 5.09. The van der Waals surface area contributed by atoms with Gasteiger partial charge < -0.3 is 4.42 Å². The minimum atomic E-state index is 0.638. The first-order chi connectivity index (χ1) is 10.8. The van der Waals surface area contributed by atoms with Crippen LogP contribution in [0.5, 0.6) is 0 Å². The van der Waals surface area contributed by atoms with Gasteiger partial charge in [-0.15, -0.1) is 10.2 Å². The fourth-order valence-corrected chi connectivity index (χ4v) is 2.41. The van der Waals surface area contributed by atoms with E-state index in [1.165, 1.54) is 5.56 Å². The third-order valence-corrected chi connectivity index (χ3v) is 3.70. The number of fused-ring (bicyclic) bond motifs is 1. The molecule has 4 rings (SSSR count). The molecule has 5 heteroatoms. The summed E-state index contributed by atoms with van der Waals surface area (Å²) in [7, 11) is 0. The first-order valence-corrected chi connectivity index (χ1v) is 7.18. The lowest BCUT2D eigenvalue weighted by Crippen LogP contribution is -1.88. The lowest BCUT2D eigenvalue weighted by Gasteiger charge is -1.99. The molecular weight excluding hydrogens is 276 g/mol. The highest BCUT2D eigenvalue weighted by Gasteiger charge is 2.09. The molecule has 0 N–H and O–H groups in total. The molecule has 0 radical (unpaired) electrons. The molecule has 2 aromatic heterocycles. The summed E-state index contributed by atoms with van der Waals surface area (Å²) >= 11 is 0. The van der Waals surface area contributed by atoms with Crippen LogP contribution in [-0.2, 0) is 6.42 Å². The highest BCUT2D eigenvalue weighted by Crippen LogP contribution is 2.26. The number of hydrogen-bond donors (Lipinski definition) is 0. The summed E-state index contributed by atoms with van der Waals surface area (Å²) in [5.41, 5.74) is 4.82. The van der Waals surface area contributed by atoms with E-state index in [-0.39, 0.29) is 0 Å². The van der Waals surface area contributed by atoms with Crippen LogP contribution >= 0.6 is 0 Å². The van der Waals surface area contributed by atoms with E-state index in [1.807, 2.05) is 34.9 Å². The maximum atomic E-state index is 5.90. The molecule has 2 heterocycles. The van der Waals surface area contributed by atoms with Gasteiger partial charge in [-0.1, -0.05) is 19.1 Å². The van der Waals surface area contributed by atoms with Crippen molar-refractivity contribution in [2.45, 2.75) is 13.3 Å². The Labute approximate surface area is 127 Å². The molecule has 2 aromatic carbocycles. The lowest BCUT2D eigenvalue weighted by molar-refractivity contribution is 0.619. The Balaban J connectivity index is 1.76. The van der Waals surface area contributed by atoms with Gasteiger partial charge in [-0.25, -0.2) is 4.98 Å². The van der Waals surface area contributed by atoms with Crippen molar-refractivity contribution in [1.29, 1.82) is 0 Å². The van der Waals surface area contributed by atoms with E-state index >= 15 is 0 Å². The number of benzene rings is 2. The van der Waals surface area contributed by atoms with Gasteiger partial charge in [0.2, 0.25) is 5.89 Å². The van der Waals surface area contributed by atoms with Gasteiger partial charge in [0, 0.05) is 11.6 Å². The Morgan fingerprint density at radius 3 is 2.50 bits per heavy atom. The van der Waals surface area contributed by atoms with Gasteiger partial charge in [0.25, 0.3) is 0 Å². The monoisotopic (exact) mass is 290 g/mol. The van der Waals surface area contributed by atoms with Crippen LogP contribution in [-0.4, -0.2) is 19.7 Å². The Morgan fingerprint density at radius 2 is 1.77 bits per heavy atom. The zero-order valence-corrected chi connectivity index (χ0v) is 12.1.